The highest BCUT2D eigenvalue weighted by molar-refractivity contribution is 8.00. The second-order valence-corrected chi connectivity index (χ2v) is 7.47. The van der Waals surface area contributed by atoms with E-state index in [4.69, 9.17) is 9.15 Å². The van der Waals surface area contributed by atoms with Crippen LogP contribution in [0.15, 0.2) is 58.2 Å². The van der Waals surface area contributed by atoms with Gasteiger partial charge in [0.05, 0.1) is 17.5 Å². The first-order valence-electron chi connectivity index (χ1n) is 9.12. The molecular weight excluding hydrogens is 390 g/mol. The summed E-state index contributed by atoms with van der Waals surface area (Å²) < 4.78 is 11.1. The number of hydrogen-bond donors (Lipinski definition) is 1. The minimum atomic E-state index is -0.497. The number of rotatable bonds is 8. The number of nitrogens with zero attached hydrogens (tertiary/aromatic N) is 2. The standard InChI is InChI=1S/C21H21N3O4S/c1-4-27-16-11-9-15(10-12-16)20-23-24-21(28-20)29-14(3)19(26)22-18-8-6-5-7-17(18)13(2)25/h5-12,14H,4H2,1-3H3,(H,22,26)/t14-/m1/s1. The van der Waals surface area contributed by atoms with Gasteiger partial charge in [-0.25, -0.2) is 0 Å². The summed E-state index contributed by atoms with van der Waals surface area (Å²) in [5.74, 6) is 0.759. The molecule has 2 aromatic carbocycles. The zero-order valence-corrected chi connectivity index (χ0v) is 17.2. The van der Waals surface area contributed by atoms with E-state index < -0.39 is 5.25 Å². The Balaban J connectivity index is 1.64. The van der Waals surface area contributed by atoms with Crippen molar-refractivity contribution in [2.45, 2.75) is 31.2 Å². The first-order valence-corrected chi connectivity index (χ1v) is 10.00. The van der Waals surface area contributed by atoms with Crippen LogP contribution in [0.25, 0.3) is 11.5 Å². The summed E-state index contributed by atoms with van der Waals surface area (Å²) in [7, 11) is 0. The summed E-state index contributed by atoms with van der Waals surface area (Å²) in [5, 5.41) is 10.6. The van der Waals surface area contributed by atoms with Gasteiger partial charge in [-0.2, -0.15) is 0 Å². The molecule has 1 atom stereocenters. The van der Waals surface area contributed by atoms with Crippen molar-refractivity contribution >= 4 is 29.1 Å². The van der Waals surface area contributed by atoms with Gasteiger partial charge < -0.3 is 14.5 Å². The van der Waals surface area contributed by atoms with Crippen molar-refractivity contribution in [2.75, 3.05) is 11.9 Å². The molecular formula is C21H21N3O4S. The molecule has 8 heteroatoms. The first-order chi connectivity index (χ1) is 14.0. The molecule has 0 spiro atoms. The van der Waals surface area contributed by atoms with E-state index in [1.165, 1.54) is 6.92 Å². The van der Waals surface area contributed by atoms with E-state index in [1.54, 1.807) is 31.2 Å². The van der Waals surface area contributed by atoms with Crippen LogP contribution >= 0.6 is 11.8 Å². The minimum absolute atomic E-state index is 0.113. The van der Waals surface area contributed by atoms with Crippen molar-refractivity contribution in [2.24, 2.45) is 0 Å². The molecule has 3 aromatic rings. The molecule has 0 aliphatic heterocycles. The second-order valence-electron chi connectivity index (χ2n) is 6.18. The van der Waals surface area contributed by atoms with Crippen molar-refractivity contribution in [1.82, 2.24) is 10.2 Å². The van der Waals surface area contributed by atoms with Gasteiger partial charge in [0.2, 0.25) is 11.8 Å². The molecule has 7 nitrogen and oxygen atoms in total. The van der Waals surface area contributed by atoms with Crippen molar-refractivity contribution in [3.05, 3.63) is 54.1 Å². The fraction of sp³-hybridized carbons (Fsp3) is 0.238. The monoisotopic (exact) mass is 411 g/mol. The van der Waals surface area contributed by atoms with Gasteiger partial charge in [-0.05, 0) is 57.2 Å². The molecule has 1 heterocycles. The molecule has 150 valence electrons. The van der Waals surface area contributed by atoms with Crippen LogP contribution in [0, 0.1) is 0 Å². The molecule has 0 unspecified atom stereocenters. The van der Waals surface area contributed by atoms with Gasteiger partial charge in [-0.15, -0.1) is 10.2 Å². The molecule has 0 fully saturated rings. The zero-order valence-electron chi connectivity index (χ0n) is 16.3. The number of para-hydroxylation sites is 1. The number of ether oxygens (including phenoxy) is 1. The largest absolute Gasteiger partial charge is 0.494 e. The number of Topliss-reactive ketones (excluding diaryl/α,β-unsaturated/α-hetero) is 1. The zero-order chi connectivity index (χ0) is 20.8. The van der Waals surface area contributed by atoms with E-state index in [0.29, 0.717) is 23.7 Å². The fourth-order valence-corrected chi connectivity index (χ4v) is 3.26. The van der Waals surface area contributed by atoms with Gasteiger partial charge in [0.1, 0.15) is 5.75 Å². The van der Waals surface area contributed by atoms with Gasteiger partial charge >= 0.3 is 0 Å². The molecule has 0 radical (unpaired) electrons. The second kappa shape index (κ2) is 9.38. The number of aromatic nitrogens is 2. The molecule has 0 saturated heterocycles. The summed E-state index contributed by atoms with van der Waals surface area (Å²) in [6, 6.07) is 14.2. The van der Waals surface area contributed by atoms with Crippen LogP contribution in [-0.2, 0) is 4.79 Å². The number of benzene rings is 2. The fourth-order valence-electron chi connectivity index (χ4n) is 2.57. The van der Waals surface area contributed by atoms with Crippen LogP contribution in [0.5, 0.6) is 5.75 Å². The predicted octanol–water partition coefficient (Wildman–Crippen LogP) is 4.46. The Bertz CT molecular complexity index is 1000. The van der Waals surface area contributed by atoms with E-state index in [1.807, 2.05) is 31.2 Å². The van der Waals surface area contributed by atoms with Crippen molar-refractivity contribution in [3.63, 3.8) is 0 Å². The molecule has 0 bridgehead atoms. The normalized spacial score (nSPS) is 11.7. The Kier molecular flexibility index (Phi) is 6.66. The maximum atomic E-state index is 12.5. The topological polar surface area (TPSA) is 94.3 Å². The lowest BCUT2D eigenvalue weighted by Crippen LogP contribution is -2.23. The smallest absolute Gasteiger partial charge is 0.277 e. The lowest BCUT2D eigenvalue weighted by atomic mass is 10.1. The first kappa shape index (κ1) is 20.6. The number of nitrogens with one attached hydrogen (secondary N) is 1. The minimum Gasteiger partial charge on any atom is -0.494 e. The summed E-state index contributed by atoms with van der Waals surface area (Å²) in [6.45, 7) is 5.71. The third-order valence-electron chi connectivity index (χ3n) is 4.03. The Morgan fingerprint density at radius 1 is 1.14 bits per heavy atom. The molecule has 1 amide bonds. The Morgan fingerprint density at radius 3 is 2.55 bits per heavy atom. The number of amides is 1. The highest BCUT2D eigenvalue weighted by Gasteiger charge is 2.20. The van der Waals surface area contributed by atoms with Gasteiger partial charge in [0, 0.05) is 11.1 Å². The molecule has 1 aromatic heterocycles. The highest BCUT2D eigenvalue weighted by Crippen LogP contribution is 2.28. The van der Waals surface area contributed by atoms with E-state index >= 15 is 0 Å². The van der Waals surface area contributed by atoms with E-state index in [-0.39, 0.29) is 16.9 Å². The number of carbonyl (C=O) groups excluding carboxylic acids is 2. The molecule has 29 heavy (non-hydrogen) atoms. The lowest BCUT2D eigenvalue weighted by Gasteiger charge is -2.12. The van der Waals surface area contributed by atoms with Crippen molar-refractivity contribution in [3.8, 4) is 17.2 Å². The van der Waals surface area contributed by atoms with Crippen molar-refractivity contribution in [1.29, 1.82) is 0 Å². The predicted molar refractivity (Wildman–Crippen MR) is 111 cm³/mol. The van der Waals surface area contributed by atoms with E-state index in [0.717, 1.165) is 23.1 Å². The third-order valence-corrected chi connectivity index (χ3v) is 4.96. The van der Waals surface area contributed by atoms with Crippen LogP contribution in [0.1, 0.15) is 31.1 Å². The van der Waals surface area contributed by atoms with Crippen LogP contribution < -0.4 is 10.1 Å². The van der Waals surface area contributed by atoms with Crippen molar-refractivity contribution < 1.29 is 18.7 Å². The quantitative estimate of drug-likeness (QED) is 0.432. The maximum Gasteiger partial charge on any atom is 0.277 e. The van der Waals surface area contributed by atoms with Gasteiger partial charge in [-0.1, -0.05) is 23.9 Å². The Morgan fingerprint density at radius 2 is 1.86 bits per heavy atom. The van der Waals surface area contributed by atoms with E-state index in [9.17, 15) is 9.59 Å². The molecule has 0 aliphatic carbocycles. The Labute approximate surface area is 172 Å². The molecule has 1 N–H and O–H groups in total. The summed E-state index contributed by atoms with van der Waals surface area (Å²) in [6.07, 6.45) is 0. The average molecular weight is 411 g/mol. The van der Waals surface area contributed by atoms with Crippen LogP contribution in [-0.4, -0.2) is 33.7 Å². The van der Waals surface area contributed by atoms with Gasteiger partial charge in [0.15, 0.2) is 5.78 Å². The summed E-state index contributed by atoms with van der Waals surface area (Å²) in [4.78, 5) is 24.2. The number of ketones is 1. The summed E-state index contributed by atoms with van der Waals surface area (Å²) in [5.41, 5.74) is 1.71. The molecule has 0 saturated carbocycles. The number of anilines is 1. The SMILES string of the molecule is CCOc1ccc(-c2nnc(S[C@H](C)C(=O)Nc3ccccc3C(C)=O)o2)cc1. The lowest BCUT2D eigenvalue weighted by molar-refractivity contribution is -0.115. The molecule has 0 aliphatic rings. The number of carbonyl (C=O) groups is 2. The maximum absolute atomic E-state index is 12.5. The van der Waals surface area contributed by atoms with Gasteiger partial charge in [-0.3, -0.25) is 9.59 Å². The van der Waals surface area contributed by atoms with Crippen LogP contribution in [0.2, 0.25) is 0 Å². The summed E-state index contributed by atoms with van der Waals surface area (Å²) >= 11 is 1.15. The van der Waals surface area contributed by atoms with Crippen LogP contribution in [0.4, 0.5) is 5.69 Å². The average Bonchev–Trinajstić information content (AvgIpc) is 3.17. The number of thioether (sulfide) groups is 1. The highest BCUT2D eigenvalue weighted by atomic mass is 32.2. The van der Waals surface area contributed by atoms with E-state index in [2.05, 4.69) is 15.5 Å². The Hall–Kier alpha value is -3.13. The molecule has 3 rings (SSSR count). The van der Waals surface area contributed by atoms with Gasteiger partial charge in [0.25, 0.3) is 5.22 Å². The number of hydrogen-bond acceptors (Lipinski definition) is 7. The third kappa shape index (κ3) is 5.23. The van der Waals surface area contributed by atoms with Crippen LogP contribution in [0.3, 0.4) is 0 Å².